The second kappa shape index (κ2) is 5.63. The van der Waals surface area contributed by atoms with Gasteiger partial charge in [0, 0.05) is 21.4 Å². The van der Waals surface area contributed by atoms with Crippen molar-refractivity contribution in [3.63, 3.8) is 0 Å². The van der Waals surface area contributed by atoms with Crippen LogP contribution < -0.4 is 5.32 Å². The lowest BCUT2D eigenvalue weighted by Crippen LogP contribution is -2.49. The van der Waals surface area contributed by atoms with Crippen LogP contribution >= 0.6 is 27.3 Å². The quantitative estimate of drug-likeness (QED) is 0.894. The second-order valence-electron chi connectivity index (χ2n) is 4.54. The van der Waals surface area contributed by atoms with Gasteiger partial charge in [-0.1, -0.05) is 19.3 Å². The highest BCUT2D eigenvalue weighted by molar-refractivity contribution is 9.10. The van der Waals surface area contributed by atoms with Crippen molar-refractivity contribution >= 4 is 27.3 Å². The first-order valence-electron chi connectivity index (χ1n) is 5.83. The Bertz CT molecular complexity index is 334. The Labute approximate surface area is 109 Å². The number of hydrogen-bond donors (Lipinski definition) is 2. The van der Waals surface area contributed by atoms with Crippen LogP contribution in [-0.4, -0.2) is 17.3 Å². The molecule has 1 aromatic heterocycles. The maximum absolute atomic E-state index is 9.57. The zero-order valence-corrected chi connectivity index (χ0v) is 11.7. The van der Waals surface area contributed by atoms with Crippen molar-refractivity contribution in [3.05, 3.63) is 20.8 Å². The van der Waals surface area contributed by atoms with Crippen LogP contribution in [0.1, 0.15) is 37.0 Å². The number of nitrogens with one attached hydrogen (secondary N) is 1. The van der Waals surface area contributed by atoms with Crippen LogP contribution in [0.15, 0.2) is 15.9 Å². The monoisotopic (exact) mass is 303 g/mol. The van der Waals surface area contributed by atoms with E-state index in [0.29, 0.717) is 0 Å². The lowest BCUT2D eigenvalue weighted by Gasteiger charge is -2.36. The number of aliphatic hydroxyl groups excluding tert-OH is 1. The van der Waals surface area contributed by atoms with Crippen LogP contribution in [0, 0.1) is 0 Å². The van der Waals surface area contributed by atoms with Gasteiger partial charge in [0.25, 0.3) is 0 Å². The van der Waals surface area contributed by atoms with Crippen LogP contribution in [0.3, 0.4) is 0 Å². The highest BCUT2D eigenvalue weighted by Gasteiger charge is 2.30. The molecule has 90 valence electrons. The average molecular weight is 304 g/mol. The molecule has 1 saturated carbocycles. The van der Waals surface area contributed by atoms with E-state index in [-0.39, 0.29) is 12.1 Å². The molecule has 1 aliphatic carbocycles. The molecule has 0 aromatic carbocycles. The number of hydrogen-bond acceptors (Lipinski definition) is 3. The van der Waals surface area contributed by atoms with Crippen molar-refractivity contribution in [1.82, 2.24) is 5.32 Å². The lowest BCUT2D eigenvalue weighted by atomic mass is 9.82. The summed E-state index contributed by atoms with van der Waals surface area (Å²) in [5, 5.41) is 15.2. The van der Waals surface area contributed by atoms with E-state index in [4.69, 9.17) is 0 Å². The molecular weight excluding hydrogens is 286 g/mol. The number of thiophene rings is 1. The Morgan fingerprint density at radius 1 is 1.38 bits per heavy atom. The van der Waals surface area contributed by atoms with Crippen LogP contribution in [0.25, 0.3) is 0 Å². The molecule has 0 amide bonds. The summed E-state index contributed by atoms with van der Waals surface area (Å²) in [4.78, 5) is 1.32. The van der Waals surface area contributed by atoms with E-state index < -0.39 is 0 Å². The predicted octanol–water partition coefficient (Wildman–Crippen LogP) is 3.30. The summed E-state index contributed by atoms with van der Waals surface area (Å²) < 4.78 is 1.17. The summed E-state index contributed by atoms with van der Waals surface area (Å²) in [7, 11) is 0. The van der Waals surface area contributed by atoms with Crippen LogP contribution in [0.4, 0.5) is 0 Å². The van der Waals surface area contributed by atoms with Gasteiger partial charge in [-0.15, -0.1) is 11.3 Å². The van der Waals surface area contributed by atoms with Crippen molar-refractivity contribution < 1.29 is 5.11 Å². The minimum Gasteiger partial charge on any atom is -0.394 e. The zero-order chi connectivity index (χ0) is 11.4. The summed E-state index contributed by atoms with van der Waals surface area (Å²) in [6, 6.07) is 2.08. The molecule has 0 unspecified atom stereocenters. The van der Waals surface area contributed by atoms with Gasteiger partial charge < -0.3 is 10.4 Å². The largest absolute Gasteiger partial charge is 0.394 e. The van der Waals surface area contributed by atoms with E-state index in [1.54, 1.807) is 11.3 Å². The van der Waals surface area contributed by atoms with Gasteiger partial charge in [-0.05, 0) is 40.2 Å². The van der Waals surface area contributed by atoms with Crippen LogP contribution in [-0.2, 0) is 6.54 Å². The first kappa shape index (κ1) is 12.6. The molecule has 1 heterocycles. The van der Waals surface area contributed by atoms with Crippen LogP contribution in [0.5, 0.6) is 0 Å². The predicted molar refractivity (Wildman–Crippen MR) is 71.8 cm³/mol. The molecule has 2 rings (SSSR count). The van der Waals surface area contributed by atoms with Gasteiger partial charge in [-0.2, -0.15) is 0 Å². The standard InChI is InChI=1S/C12H18BrNOS/c13-10-4-7-16-11(10)8-14-12(9-15)5-2-1-3-6-12/h4,7,14-15H,1-3,5-6,8-9H2. The van der Waals surface area contributed by atoms with E-state index in [1.807, 2.05) is 0 Å². The van der Waals surface area contributed by atoms with E-state index in [9.17, 15) is 5.11 Å². The fraction of sp³-hybridized carbons (Fsp3) is 0.667. The van der Waals surface area contributed by atoms with Gasteiger partial charge in [-0.25, -0.2) is 0 Å². The molecule has 0 aliphatic heterocycles. The van der Waals surface area contributed by atoms with Gasteiger partial charge in [0.2, 0.25) is 0 Å². The van der Waals surface area contributed by atoms with Crippen molar-refractivity contribution in [2.24, 2.45) is 0 Å². The van der Waals surface area contributed by atoms with Crippen molar-refractivity contribution in [1.29, 1.82) is 0 Å². The summed E-state index contributed by atoms with van der Waals surface area (Å²) >= 11 is 5.30. The fourth-order valence-corrected chi connectivity index (χ4v) is 3.77. The summed E-state index contributed by atoms with van der Waals surface area (Å²) in [5.41, 5.74) is -0.0261. The Balaban J connectivity index is 1.94. The van der Waals surface area contributed by atoms with E-state index in [0.717, 1.165) is 19.4 Å². The fourth-order valence-electron chi connectivity index (χ4n) is 2.34. The molecule has 0 atom stereocenters. The molecule has 1 aliphatic rings. The topological polar surface area (TPSA) is 32.3 Å². The van der Waals surface area contributed by atoms with Crippen molar-refractivity contribution in [2.45, 2.75) is 44.2 Å². The summed E-state index contributed by atoms with van der Waals surface area (Å²) in [6.07, 6.45) is 5.99. The SMILES string of the molecule is OCC1(NCc2sccc2Br)CCCCC1. The second-order valence-corrected chi connectivity index (χ2v) is 6.40. The van der Waals surface area contributed by atoms with Gasteiger partial charge >= 0.3 is 0 Å². The average Bonchev–Trinajstić information content (AvgIpc) is 2.74. The molecule has 0 radical (unpaired) electrons. The molecule has 0 spiro atoms. The molecular formula is C12H18BrNOS. The van der Waals surface area contributed by atoms with Gasteiger partial charge in [0.05, 0.1) is 6.61 Å². The normalized spacial score (nSPS) is 19.9. The molecule has 1 fully saturated rings. The maximum Gasteiger partial charge on any atom is 0.0613 e. The third-order valence-corrected chi connectivity index (χ3v) is 5.35. The molecule has 16 heavy (non-hydrogen) atoms. The van der Waals surface area contributed by atoms with E-state index in [1.165, 1.54) is 28.6 Å². The Morgan fingerprint density at radius 3 is 2.69 bits per heavy atom. The van der Waals surface area contributed by atoms with Crippen molar-refractivity contribution in [3.8, 4) is 0 Å². The van der Waals surface area contributed by atoms with E-state index >= 15 is 0 Å². The number of rotatable bonds is 4. The smallest absolute Gasteiger partial charge is 0.0613 e. The van der Waals surface area contributed by atoms with E-state index in [2.05, 4.69) is 32.7 Å². The van der Waals surface area contributed by atoms with Gasteiger partial charge in [-0.3, -0.25) is 0 Å². The van der Waals surface area contributed by atoms with Gasteiger partial charge in [0.15, 0.2) is 0 Å². The minimum atomic E-state index is -0.0261. The van der Waals surface area contributed by atoms with Gasteiger partial charge in [0.1, 0.15) is 0 Å². The molecule has 0 bridgehead atoms. The highest BCUT2D eigenvalue weighted by Crippen LogP contribution is 2.29. The molecule has 2 nitrogen and oxygen atoms in total. The molecule has 1 aromatic rings. The zero-order valence-electron chi connectivity index (χ0n) is 9.34. The Hall–Kier alpha value is 0.100. The lowest BCUT2D eigenvalue weighted by molar-refractivity contribution is 0.120. The number of halogens is 1. The maximum atomic E-state index is 9.57. The molecule has 2 N–H and O–H groups in total. The summed E-state index contributed by atoms with van der Waals surface area (Å²) in [6.45, 7) is 1.12. The number of aliphatic hydroxyl groups is 1. The Kier molecular flexibility index (Phi) is 4.41. The summed E-state index contributed by atoms with van der Waals surface area (Å²) in [5.74, 6) is 0. The molecule has 4 heteroatoms. The molecule has 0 saturated heterocycles. The van der Waals surface area contributed by atoms with Crippen molar-refractivity contribution in [2.75, 3.05) is 6.61 Å². The first-order valence-corrected chi connectivity index (χ1v) is 7.51. The highest BCUT2D eigenvalue weighted by atomic mass is 79.9. The van der Waals surface area contributed by atoms with Crippen LogP contribution in [0.2, 0.25) is 0 Å². The first-order chi connectivity index (χ1) is 7.76. The minimum absolute atomic E-state index is 0.0261. The Morgan fingerprint density at radius 2 is 2.12 bits per heavy atom. The third kappa shape index (κ3) is 2.86. The third-order valence-electron chi connectivity index (χ3n) is 3.43.